The summed E-state index contributed by atoms with van der Waals surface area (Å²) in [5.41, 5.74) is 0. The number of rotatable bonds is 1. The van der Waals surface area contributed by atoms with Crippen LogP contribution < -0.4 is 0 Å². The topological polar surface area (TPSA) is 54.0 Å². The zero-order valence-electron chi connectivity index (χ0n) is 10.7. The van der Waals surface area contributed by atoms with Gasteiger partial charge in [-0.15, -0.1) is 0 Å². The fourth-order valence-corrected chi connectivity index (χ4v) is 3.20. The van der Waals surface area contributed by atoms with E-state index in [1.165, 1.54) is 0 Å². The molecule has 3 aliphatic heterocycles. The monoisotopic (exact) mass is 256 g/mol. The van der Waals surface area contributed by atoms with Crippen LogP contribution in [0.3, 0.4) is 0 Å². The molecular weight excluding hydrogens is 236 g/mol. The Morgan fingerprint density at radius 2 is 2.17 bits per heavy atom. The van der Waals surface area contributed by atoms with E-state index < -0.39 is 5.79 Å². The Balaban J connectivity index is 1.80. The van der Waals surface area contributed by atoms with Crippen molar-refractivity contribution < 1.29 is 23.7 Å². The van der Waals surface area contributed by atoms with Gasteiger partial charge < -0.3 is 18.9 Å². The van der Waals surface area contributed by atoms with E-state index in [0.717, 1.165) is 32.3 Å². The Morgan fingerprint density at radius 1 is 1.28 bits per heavy atom. The van der Waals surface area contributed by atoms with E-state index in [1.54, 1.807) is 7.11 Å². The van der Waals surface area contributed by atoms with E-state index in [-0.39, 0.29) is 30.7 Å². The molecule has 102 valence electrons. The molecule has 3 aliphatic rings. The Bertz CT molecular complexity index is 331. The summed E-state index contributed by atoms with van der Waals surface area (Å²) in [7, 11) is 1.58. The lowest BCUT2D eigenvalue weighted by Gasteiger charge is -2.30. The number of esters is 1. The first-order chi connectivity index (χ1) is 8.73. The van der Waals surface area contributed by atoms with Gasteiger partial charge in [-0.2, -0.15) is 0 Å². The zero-order valence-corrected chi connectivity index (χ0v) is 10.7. The minimum absolute atomic E-state index is 0.0732. The second-order valence-electron chi connectivity index (χ2n) is 5.30. The molecule has 0 aromatic rings. The van der Waals surface area contributed by atoms with Gasteiger partial charge in [-0.1, -0.05) is 0 Å². The van der Waals surface area contributed by atoms with Crippen molar-refractivity contribution in [2.45, 2.75) is 62.6 Å². The number of hydrogen-bond donors (Lipinski definition) is 0. The van der Waals surface area contributed by atoms with Gasteiger partial charge in [0, 0.05) is 20.1 Å². The van der Waals surface area contributed by atoms with Gasteiger partial charge in [-0.05, 0) is 25.7 Å². The third kappa shape index (κ3) is 2.04. The molecule has 0 radical (unpaired) electrons. The van der Waals surface area contributed by atoms with Crippen molar-refractivity contribution in [1.82, 2.24) is 0 Å². The molecule has 18 heavy (non-hydrogen) atoms. The largest absolute Gasteiger partial charge is 0.430 e. The number of carbonyl (C=O) groups is 1. The van der Waals surface area contributed by atoms with E-state index in [0.29, 0.717) is 6.42 Å². The lowest BCUT2D eigenvalue weighted by molar-refractivity contribution is -0.241. The summed E-state index contributed by atoms with van der Waals surface area (Å²) in [5.74, 6) is -1.11. The van der Waals surface area contributed by atoms with Crippen LogP contribution in [0.5, 0.6) is 0 Å². The highest BCUT2D eigenvalue weighted by Gasteiger charge is 2.54. The molecule has 3 rings (SSSR count). The molecule has 0 unspecified atom stereocenters. The molecule has 0 aromatic heterocycles. The Labute approximate surface area is 107 Å². The molecule has 3 fully saturated rings. The average Bonchev–Trinajstić information content (AvgIpc) is 2.53. The van der Waals surface area contributed by atoms with Crippen LogP contribution in [0.2, 0.25) is 0 Å². The summed E-state index contributed by atoms with van der Waals surface area (Å²) in [6.45, 7) is 0.801. The van der Waals surface area contributed by atoms with Crippen molar-refractivity contribution in [2.24, 2.45) is 0 Å². The van der Waals surface area contributed by atoms with Gasteiger partial charge in [0.1, 0.15) is 6.10 Å². The van der Waals surface area contributed by atoms with Gasteiger partial charge in [0.15, 0.2) is 0 Å². The fourth-order valence-electron chi connectivity index (χ4n) is 3.20. The van der Waals surface area contributed by atoms with E-state index in [2.05, 4.69) is 0 Å². The normalized spacial score (nSPS) is 44.5. The predicted molar refractivity (Wildman–Crippen MR) is 61.9 cm³/mol. The molecule has 0 amide bonds. The molecule has 0 bridgehead atoms. The number of ether oxygens (including phenoxy) is 4. The standard InChI is InChI=1S/C13H20O5/c1-15-13-6-5-9-10(4-2-3-7-16-9)17-11(13)8-12(14)18-13/h9-11H,2-8H2,1H3/t9-,10-,11-,13-/m1/s1. The Morgan fingerprint density at radius 3 is 3.00 bits per heavy atom. The van der Waals surface area contributed by atoms with Crippen LogP contribution in [0.15, 0.2) is 0 Å². The highest BCUT2D eigenvalue weighted by atomic mass is 16.7. The molecule has 0 spiro atoms. The van der Waals surface area contributed by atoms with Crippen LogP contribution in [0.1, 0.15) is 38.5 Å². The summed E-state index contributed by atoms with van der Waals surface area (Å²) in [4.78, 5) is 11.5. The molecule has 0 aromatic carbocycles. The first-order valence-electron chi connectivity index (χ1n) is 6.77. The molecule has 4 atom stereocenters. The van der Waals surface area contributed by atoms with Crippen LogP contribution in [0, 0.1) is 0 Å². The molecule has 0 saturated carbocycles. The molecule has 3 heterocycles. The average molecular weight is 256 g/mol. The van der Waals surface area contributed by atoms with Gasteiger partial charge in [0.25, 0.3) is 0 Å². The van der Waals surface area contributed by atoms with Crippen LogP contribution in [0.25, 0.3) is 0 Å². The maximum absolute atomic E-state index is 11.5. The Hall–Kier alpha value is -0.650. The van der Waals surface area contributed by atoms with E-state index in [1.807, 2.05) is 0 Å². The number of methoxy groups -OCH3 is 1. The summed E-state index contributed by atoms with van der Waals surface area (Å²) in [5, 5.41) is 0. The third-order valence-electron chi connectivity index (χ3n) is 4.22. The minimum atomic E-state index is -0.882. The first-order valence-corrected chi connectivity index (χ1v) is 6.77. The van der Waals surface area contributed by atoms with Gasteiger partial charge in [-0.3, -0.25) is 4.79 Å². The maximum atomic E-state index is 11.5. The molecule has 0 N–H and O–H groups in total. The Kier molecular flexibility index (Phi) is 3.30. The van der Waals surface area contributed by atoms with Crippen LogP contribution >= 0.6 is 0 Å². The van der Waals surface area contributed by atoms with Crippen LogP contribution in [0.4, 0.5) is 0 Å². The predicted octanol–water partition coefficient (Wildman–Crippen LogP) is 1.39. The summed E-state index contributed by atoms with van der Waals surface area (Å²) in [6, 6.07) is 0. The van der Waals surface area contributed by atoms with Crippen molar-refractivity contribution in [2.75, 3.05) is 13.7 Å². The molecular formula is C13H20O5. The minimum Gasteiger partial charge on any atom is -0.430 e. The lowest BCUT2D eigenvalue weighted by Crippen LogP contribution is -2.42. The van der Waals surface area contributed by atoms with Crippen molar-refractivity contribution in [3.63, 3.8) is 0 Å². The lowest BCUT2D eigenvalue weighted by atomic mass is 10.0. The first kappa shape index (κ1) is 12.4. The van der Waals surface area contributed by atoms with Gasteiger partial charge in [0.05, 0.1) is 18.6 Å². The molecule has 0 aliphatic carbocycles. The van der Waals surface area contributed by atoms with Gasteiger partial charge in [0.2, 0.25) is 5.79 Å². The van der Waals surface area contributed by atoms with Crippen LogP contribution in [-0.2, 0) is 23.7 Å². The summed E-state index contributed by atoms with van der Waals surface area (Å²) < 4.78 is 22.8. The quantitative estimate of drug-likeness (QED) is 0.664. The zero-order chi connectivity index (χ0) is 12.6. The second kappa shape index (κ2) is 4.79. The number of hydrogen-bond acceptors (Lipinski definition) is 5. The third-order valence-corrected chi connectivity index (χ3v) is 4.22. The van der Waals surface area contributed by atoms with Crippen molar-refractivity contribution in [3.05, 3.63) is 0 Å². The van der Waals surface area contributed by atoms with Crippen molar-refractivity contribution in [3.8, 4) is 0 Å². The molecule has 5 heteroatoms. The molecule has 3 saturated heterocycles. The van der Waals surface area contributed by atoms with Crippen molar-refractivity contribution in [1.29, 1.82) is 0 Å². The highest BCUT2D eigenvalue weighted by molar-refractivity contribution is 5.73. The molecule has 5 nitrogen and oxygen atoms in total. The van der Waals surface area contributed by atoms with Gasteiger partial charge >= 0.3 is 5.97 Å². The number of carbonyl (C=O) groups excluding carboxylic acids is 1. The van der Waals surface area contributed by atoms with E-state index in [4.69, 9.17) is 18.9 Å². The summed E-state index contributed by atoms with van der Waals surface area (Å²) in [6.07, 6.45) is 4.86. The van der Waals surface area contributed by atoms with Gasteiger partial charge in [-0.25, -0.2) is 0 Å². The SMILES string of the molecule is CO[C@@]12CC[C@H]3OCCCC[C@H]3O[C@@H]1CC(=O)O2. The maximum Gasteiger partial charge on any atom is 0.311 e. The summed E-state index contributed by atoms with van der Waals surface area (Å²) >= 11 is 0. The van der Waals surface area contributed by atoms with E-state index >= 15 is 0 Å². The fraction of sp³-hybridized carbons (Fsp3) is 0.923. The van der Waals surface area contributed by atoms with Crippen LogP contribution in [-0.4, -0.2) is 43.8 Å². The smallest absolute Gasteiger partial charge is 0.311 e. The van der Waals surface area contributed by atoms with Crippen molar-refractivity contribution >= 4 is 5.97 Å². The highest BCUT2D eigenvalue weighted by Crippen LogP contribution is 2.40. The van der Waals surface area contributed by atoms with E-state index in [9.17, 15) is 4.79 Å². The second-order valence-corrected chi connectivity index (χ2v) is 5.30. The number of fused-ring (bicyclic) bond motifs is 2.